The fourth-order valence-corrected chi connectivity index (χ4v) is 1.79. The molecule has 0 atom stereocenters. The molecule has 0 aliphatic rings. The van der Waals surface area contributed by atoms with Gasteiger partial charge in [0.1, 0.15) is 5.75 Å². The van der Waals surface area contributed by atoms with Crippen molar-refractivity contribution < 1.29 is 14.6 Å². The van der Waals surface area contributed by atoms with Crippen molar-refractivity contribution in [3.05, 3.63) is 29.8 Å². The first-order chi connectivity index (χ1) is 9.15. The molecule has 0 spiro atoms. The Morgan fingerprint density at radius 1 is 1.37 bits per heavy atom. The predicted molar refractivity (Wildman–Crippen MR) is 75.4 cm³/mol. The molecule has 0 saturated carbocycles. The van der Waals surface area contributed by atoms with E-state index in [0.29, 0.717) is 31.9 Å². The van der Waals surface area contributed by atoms with Crippen LogP contribution in [0.15, 0.2) is 24.3 Å². The molecule has 0 saturated heterocycles. The van der Waals surface area contributed by atoms with Crippen molar-refractivity contribution in [3.8, 4) is 5.75 Å². The van der Waals surface area contributed by atoms with Gasteiger partial charge < -0.3 is 15.2 Å². The van der Waals surface area contributed by atoms with Crippen LogP contribution in [0.3, 0.4) is 0 Å². The van der Waals surface area contributed by atoms with E-state index < -0.39 is 0 Å². The highest BCUT2D eigenvalue weighted by molar-refractivity contribution is 5.75. The maximum atomic E-state index is 11.3. The number of nitrogens with one attached hydrogen (secondary N) is 1. The Kier molecular flexibility index (Phi) is 6.97. The SMILES string of the molecule is CC(C)c1ccccc1OCCCC(=O)NCCO. The number of aliphatic hydroxyl groups excluding tert-OH is 1. The summed E-state index contributed by atoms with van der Waals surface area (Å²) in [4.78, 5) is 11.3. The second-order valence-corrected chi connectivity index (χ2v) is 4.72. The smallest absolute Gasteiger partial charge is 0.220 e. The Bertz CT molecular complexity index is 391. The molecule has 0 heterocycles. The topological polar surface area (TPSA) is 58.6 Å². The van der Waals surface area contributed by atoms with Crippen LogP contribution in [-0.2, 0) is 4.79 Å². The lowest BCUT2D eigenvalue weighted by Crippen LogP contribution is -2.26. The van der Waals surface area contributed by atoms with Crippen LogP contribution < -0.4 is 10.1 Å². The third kappa shape index (κ3) is 5.75. The first-order valence-corrected chi connectivity index (χ1v) is 6.74. The number of para-hydroxylation sites is 1. The standard InChI is InChI=1S/C15H23NO3/c1-12(2)13-6-3-4-7-14(13)19-11-5-8-15(18)16-9-10-17/h3-4,6-7,12,17H,5,8-11H2,1-2H3,(H,16,18). The number of amides is 1. The van der Waals surface area contributed by atoms with E-state index in [1.807, 2.05) is 18.2 Å². The number of benzene rings is 1. The van der Waals surface area contributed by atoms with Crippen molar-refractivity contribution in [1.82, 2.24) is 5.32 Å². The maximum Gasteiger partial charge on any atom is 0.220 e. The number of hydrogen-bond donors (Lipinski definition) is 2. The summed E-state index contributed by atoms with van der Waals surface area (Å²) in [5, 5.41) is 11.2. The molecule has 4 nitrogen and oxygen atoms in total. The summed E-state index contributed by atoms with van der Waals surface area (Å²) in [5.41, 5.74) is 1.19. The molecular weight excluding hydrogens is 242 g/mol. The predicted octanol–water partition coefficient (Wildman–Crippen LogP) is 2.08. The van der Waals surface area contributed by atoms with Crippen molar-refractivity contribution in [3.63, 3.8) is 0 Å². The molecule has 1 aromatic carbocycles. The van der Waals surface area contributed by atoms with Crippen molar-refractivity contribution in [2.24, 2.45) is 0 Å². The van der Waals surface area contributed by atoms with Crippen LogP contribution in [0, 0.1) is 0 Å². The van der Waals surface area contributed by atoms with E-state index in [2.05, 4.69) is 25.2 Å². The average Bonchev–Trinajstić information content (AvgIpc) is 2.41. The Balaban J connectivity index is 2.31. The fourth-order valence-electron chi connectivity index (χ4n) is 1.79. The largest absolute Gasteiger partial charge is 0.493 e. The number of hydrogen-bond acceptors (Lipinski definition) is 3. The first-order valence-electron chi connectivity index (χ1n) is 6.74. The monoisotopic (exact) mass is 265 g/mol. The lowest BCUT2D eigenvalue weighted by atomic mass is 10.0. The highest BCUT2D eigenvalue weighted by Gasteiger charge is 2.07. The minimum absolute atomic E-state index is 0.0238. The Morgan fingerprint density at radius 3 is 2.79 bits per heavy atom. The van der Waals surface area contributed by atoms with Crippen LogP contribution in [0.2, 0.25) is 0 Å². The molecule has 106 valence electrons. The molecule has 2 N–H and O–H groups in total. The van der Waals surface area contributed by atoms with Gasteiger partial charge in [-0.25, -0.2) is 0 Å². The molecule has 0 bridgehead atoms. The van der Waals surface area contributed by atoms with E-state index in [9.17, 15) is 4.79 Å². The van der Waals surface area contributed by atoms with Gasteiger partial charge in [-0.1, -0.05) is 32.0 Å². The molecule has 1 amide bonds. The fraction of sp³-hybridized carbons (Fsp3) is 0.533. The average molecular weight is 265 g/mol. The highest BCUT2D eigenvalue weighted by atomic mass is 16.5. The third-order valence-electron chi connectivity index (χ3n) is 2.78. The minimum Gasteiger partial charge on any atom is -0.493 e. The van der Waals surface area contributed by atoms with Crippen molar-refractivity contribution in [2.75, 3.05) is 19.8 Å². The van der Waals surface area contributed by atoms with E-state index in [4.69, 9.17) is 9.84 Å². The Hall–Kier alpha value is -1.55. The van der Waals surface area contributed by atoms with Gasteiger partial charge in [0.15, 0.2) is 0 Å². The zero-order valence-corrected chi connectivity index (χ0v) is 11.7. The molecular formula is C15H23NO3. The van der Waals surface area contributed by atoms with Crippen LogP contribution >= 0.6 is 0 Å². The summed E-state index contributed by atoms with van der Waals surface area (Å²) in [6.07, 6.45) is 1.09. The molecule has 0 aliphatic heterocycles. The second-order valence-electron chi connectivity index (χ2n) is 4.72. The molecule has 19 heavy (non-hydrogen) atoms. The Morgan fingerprint density at radius 2 is 2.11 bits per heavy atom. The zero-order valence-electron chi connectivity index (χ0n) is 11.7. The van der Waals surface area contributed by atoms with E-state index in [-0.39, 0.29) is 12.5 Å². The molecule has 0 unspecified atom stereocenters. The van der Waals surface area contributed by atoms with Gasteiger partial charge in [-0.3, -0.25) is 4.79 Å². The number of aliphatic hydroxyl groups is 1. The summed E-state index contributed by atoms with van der Waals surface area (Å²) < 4.78 is 5.72. The summed E-state index contributed by atoms with van der Waals surface area (Å²) in [6, 6.07) is 7.98. The Labute approximate surface area is 114 Å². The van der Waals surface area contributed by atoms with Gasteiger partial charge in [-0.15, -0.1) is 0 Å². The van der Waals surface area contributed by atoms with Crippen molar-refractivity contribution >= 4 is 5.91 Å². The number of rotatable bonds is 8. The van der Waals surface area contributed by atoms with Crippen LogP contribution in [0.1, 0.15) is 38.2 Å². The number of ether oxygens (including phenoxy) is 1. The van der Waals surface area contributed by atoms with Gasteiger partial charge in [0.2, 0.25) is 5.91 Å². The molecule has 1 aromatic rings. The summed E-state index contributed by atoms with van der Waals surface area (Å²) in [5.74, 6) is 1.27. The van der Waals surface area contributed by atoms with Crippen LogP contribution in [0.5, 0.6) is 5.75 Å². The van der Waals surface area contributed by atoms with E-state index in [1.54, 1.807) is 0 Å². The van der Waals surface area contributed by atoms with Gasteiger partial charge >= 0.3 is 0 Å². The molecule has 0 fully saturated rings. The van der Waals surface area contributed by atoms with Gasteiger partial charge in [-0.2, -0.15) is 0 Å². The third-order valence-corrected chi connectivity index (χ3v) is 2.78. The van der Waals surface area contributed by atoms with Crippen LogP contribution in [-0.4, -0.2) is 30.8 Å². The second kappa shape index (κ2) is 8.53. The van der Waals surface area contributed by atoms with Gasteiger partial charge in [0.25, 0.3) is 0 Å². The zero-order chi connectivity index (χ0) is 14.1. The number of carbonyl (C=O) groups is 1. The maximum absolute atomic E-state index is 11.3. The summed E-state index contributed by atoms with van der Waals surface area (Å²) >= 11 is 0. The van der Waals surface area contributed by atoms with Crippen LogP contribution in [0.25, 0.3) is 0 Å². The van der Waals surface area contributed by atoms with Crippen molar-refractivity contribution in [2.45, 2.75) is 32.6 Å². The summed E-state index contributed by atoms with van der Waals surface area (Å²) in [7, 11) is 0. The normalized spacial score (nSPS) is 10.5. The highest BCUT2D eigenvalue weighted by Crippen LogP contribution is 2.25. The quantitative estimate of drug-likeness (QED) is 0.707. The molecule has 0 radical (unpaired) electrons. The molecule has 1 rings (SSSR count). The van der Waals surface area contributed by atoms with E-state index >= 15 is 0 Å². The molecule has 4 heteroatoms. The molecule has 0 aliphatic carbocycles. The van der Waals surface area contributed by atoms with Gasteiger partial charge in [0.05, 0.1) is 13.2 Å². The van der Waals surface area contributed by atoms with E-state index in [0.717, 1.165) is 5.75 Å². The lowest BCUT2D eigenvalue weighted by molar-refractivity contribution is -0.121. The van der Waals surface area contributed by atoms with Crippen LogP contribution in [0.4, 0.5) is 0 Å². The van der Waals surface area contributed by atoms with Gasteiger partial charge in [-0.05, 0) is 24.0 Å². The lowest BCUT2D eigenvalue weighted by Gasteiger charge is -2.13. The minimum atomic E-state index is -0.0465. The van der Waals surface area contributed by atoms with Gasteiger partial charge in [0, 0.05) is 13.0 Å². The first kappa shape index (κ1) is 15.5. The van der Waals surface area contributed by atoms with E-state index in [1.165, 1.54) is 5.56 Å². The molecule has 0 aromatic heterocycles. The number of carbonyl (C=O) groups excluding carboxylic acids is 1. The summed E-state index contributed by atoms with van der Waals surface area (Å²) in [6.45, 7) is 5.07. The van der Waals surface area contributed by atoms with Crippen molar-refractivity contribution in [1.29, 1.82) is 0 Å².